The smallest absolute Gasteiger partial charge is 0.350 e. The SMILES string of the molecule is Cc1nc(-c2ccccc2)sc1C(=O)OCC1CCCO1. The second kappa shape index (κ2) is 6.37. The van der Waals surface area contributed by atoms with Crippen LogP contribution in [0, 0.1) is 6.92 Å². The number of esters is 1. The first kappa shape index (κ1) is 14.2. The molecule has 1 aliphatic rings. The Morgan fingerprint density at radius 3 is 2.95 bits per heavy atom. The molecular formula is C16H17NO3S. The van der Waals surface area contributed by atoms with Gasteiger partial charge in [0.2, 0.25) is 0 Å². The van der Waals surface area contributed by atoms with E-state index in [-0.39, 0.29) is 12.1 Å². The van der Waals surface area contributed by atoms with Gasteiger partial charge in [0.05, 0.1) is 11.8 Å². The first-order valence-corrected chi connectivity index (χ1v) is 7.87. The number of carbonyl (C=O) groups is 1. The van der Waals surface area contributed by atoms with Crippen molar-refractivity contribution in [2.24, 2.45) is 0 Å². The molecule has 5 heteroatoms. The maximum atomic E-state index is 12.2. The Bertz CT molecular complexity index is 618. The van der Waals surface area contributed by atoms with E-state index in [2.05, 4.69) is 4.98 Å². The van der Waals surface area contributed by atoms with E-state index >= 15 is 0 Å². The molecule has 2 aromatic rings. The molecular weight excluding hydrogens is 286 g/mol. The Morgan fingerprint density at radius 2 is 2.24 bits per heavy atom. The highest BCUT2D eigenvalue weighted by Gasteiger charge is 2.21. The lowest BCUT2D eigenvalue weighted by atomic mass is 10.2. The summed E-state index contributed by atoms with van der Waals surface area (Å²) in [6.07, 6.45) is 2.06. The maximum Gasteiger partial charge on any atom is 0.350 e. The van der Waals surface area contributed by atoms with Gasteiger partial charge in [0, 0.05) is 12.2 Å². The number of nitrogens with zero attached hydrogens (tertiary/aromatic N) is 1. The molecule has 0 amide bonds. The normalized spacial score (nSPS) is 17.9. The Labute approximate surface area is 127 Å². The fourth-order valence-corrected chi connectivity index (χ4v) is 3.27. The standard InChI is InChI=1S/C16H17NO3S/c1-11-14(16(18)20-10-13-8-5-9-19-13)21-15(17-11)12-6-3-2-4-7-12/h2-4,6-7,13H,5,8-10H2,1H3. The average molecular weight is 303 g/mol. The van der Waals surface area contributed by atoms with Crippen LogP contribution in [0.4, 0.5) is 0 Å². The monoisotopic (exact) mass is 303 g/mol. The number of benzene rings is 1. The van der Waals surface area contributed by atoms with Crippen LogP contribution >= 0.6 is 11.3 Å². The van der Waals surface area contributed by atoms with E-state index in [1.165, 1.54) is 11.3 Å². The maximum absolute atomic E-state index is 12.2. The molecule has 2 heterocycles. The van der Waals surface area contributed by atoms with Crippen LogP contribution in [0.25, 0.3) is 10.6 Å². The summed E-state index contributed by atoms with van der Waals surface area (Å²) in [6, 6.07) is 9.85. The molecule has 0 N–H and O–H groups in total. The van der Waals surface area contributed by atoms with Crippen molar-refractivity contribution in [1.82, 2.24) is 4.98 Å². The number of thiazole rings is 1. The van der Waals surface area contributed by atoms with Gasteiger partial charge < -0.3 is 9.47 Å². The van der Waals surface area contributed by atoms with Crippen LogP contribution in [0.2, 0.25) is 0 Å². The molecule has 1 saturated heterocycles. The van der Waals surface area contributed by atoms with Crippen LogP contribution in [0.3, 0.4) is 0 Å². The van der Waals surface area contributed by atoms with E-state index in [9.17, 15) is 4.79 Å². The number of carbonyl (C=O) groups excluding carboxylic acids is 1. The van der Waals surface area contributed by atoms with E-state index in [1.807, 2.05) is 37.3 Å². The van der Waals surface area contributed by atoms with Crippen LogP contribution in [-0.2, 0) is 9.47 Å². The Morgan fingerprint density at radius 1 is 1.43 bits per heavy atom. The average Bonchev–Trinajstić information content (AvgIpc) is 3.15. The highest BCUT2D eigenvalue weighted by atomic mass is 32.1. The third-order valence-electron chi connectivity index (χ3n) is 3.43. The lowest BCUT2D eigenvalue weighted by Gasteiger charge is -2.09. The van der Waals surface area contributed by atoms with E-state index in [1.54, 1.807) is 0 Å². The van der Waals surface area contributed by atoms with Gasteiger partial charge >= 0.3 is 5.97 Å². The second-order valence-corrected chi connectivity index (χ2v) is 6.03. The van der Waals surface area contributed by atoms with Crippen molar-refractivity contribution in [3.05, 3.63) is 40.9 Å². The van der Waals surface area contributed by atoms with Gasteiger partial charge in [-0.2, -0.15) is 0 Å². The predicted molar refractivity (Wildman–Crippen MR) is 81.5 cm³/mol. The predicted octanol–water partition coefficient (Wildman–Crippen LogP) is 3.45. The van der Waals surface area contributed by atoms with Crippen LogP contribution in [0.1, 0.15) is 28.2 Å². The topological polar surface area (TPSA) is 48.4 Å². The third-order valence-corrected chi connectivity index (χ3v) is 4.61. The van der Waals surface area contributed by atoms with Crippen molar-refractivity contribution >= 4 is 17.3 Å². The second-order valence-electron chi connectivity index (χ2n) is 5.03. The summed E-state index contributed by atoms with van der Waals surface area (Å²) in [5, 5.41) is 0.845. The summed E-state index contributed by atoms with van der Waals surface area (Å²) in [6.45, 7) is 2.93. The summed E-state index contributed by atoms with van der Waals surface area (Å²) in [7, 11) is 0. The number of rotatable bonds is 4. The summed E-state index contributed by atoms with van der Waals surface area (Å²) in [4.78, 5) is 17.2. The fraction of sp³-hybridized carbons (Fsp3) is 0.375. The van der Waals surface area contributed by atoms with Crippen molar-refractivity contribution in [2.75, 3.05) is 13.2 Å². The highest BCUT2D eigenvalue weighted by Crippen LogP contribution is 2.28. The van der Waals surface area contributed by atoms with Gasteiger partial charge in [0.1, 0.15) is 16.5 Å². The fourth-order valence-electron chi connectivity index (χ4n) is 2.30. The van der Waals surface area contributed by atoms with E-state index in [0.29, 0.717) is 11.5 Å². The number of hydrogen-bond donors (Lipinski definition) is 0. The molecule has 110 valence electrons. The molecule has 1 aliphatic heterocycles. The zero-order valence-corrected chi connectivity index (χ0v) is 12.7. The molecule has 1 aromatic heterocycles. The molecule has 1 fully saturated rings. The lowest BCUT2D eigenvalue weighted by molar-refractivity contribution is 0.0164. The molecule has 0 aliphatic carbocycles. The molecule has 0 radical (unpaired) electrons. The first-order chi connectivity index (χ1) is 10.2. The summed E-state index contributed by atoms with van der Waals surface area (Å²) >= 11 is 1.38. The van der Waals surface area contributed by atoms with Gasteiger partial charge in [-0.25, -0.2) is 9.78 Å². The minimum absolute atomic E-state index is 0.0516. The molecule has 21 heavy (non-hydrogen) atoms. The van der Waals surface area contributed by atoms with Gasteiger partial charge in [-0.1, -0.05) is 30.3 Å². The van der Waals surface area contributed by atoms with Crippen molar-refractivity contribution in [1.29, 1.82) is 0 Å². The number of hydrogen-bond acceptors (Lipinski definition) is 5. The molecule has 0 bridgehead atoms. The Hall–Kier alpha value is -1.72. The number of aromatic nitrogens is 1. The largest absolute Gasteiger partial charge is 0.459 e. The van der Waals surface area contributed by atoms with Crippen LogP contribution in [0.5, 0.6) is 0 Å². The van der Waals surface area contributed by atoms with Gasteiger partial charge in [-0.3, -0.25) is 0 Å². The minimum Gasteiger partial charge on any atom is -0.459 e. The zero-order valence-electron chi connectivity index (χ0n) is 11.9. The van der Waals surface area contributed by atoms with Crippen molar-refractivity contribution in [3.8, 4) is 10.6 Å². The van der Waals surface area contributed by atoms with Gasteiger partial charge in [0.15, 0.2) is 0 Å². The number of aryl methyl sites for hydroxylation is 1. The summed E-state index contributed by atoms with van der Waals surface area (Å²) in [5.74, 6) is -0.303. The third kappa shape index (κ3) is 3.31. The van der Waals surface area contributed by atoms with E-state index in [0.717, 1.165) is 35.7 Å². The van der Waals surface area contributed by atoms with Crippen molar-refractivity contribution in [2.45, 2.75) is 25.9 Å². The van der Waals surface area contributed by atoms with Gasteiger partial charge in [-0.15, -0.1) is 11.3 Å². The van der Waals surface area contributed by atoms with E-state index < -0.39 is 0 Å². The molecule has 4 nitrogen and oxygen atoms in total. The molecule has 1 aromatic carbocycles. The lowest BCUT2D eigenvalue weighted by Crippen LogP contribution is -2.17. The van der Waals surface area contributed by atoms with Crippen molar-refractivity contribution < 1.29 is 14.3 Å². The quantitative estimate of drug-likeness (QED) is 0.812. The van der Waals surface area contributed by atoms with Gasteiger partial charge in [-0.05, 0) is 19.8 Å². The van der Waals surface area contributed by atoms with Crippen LogP contribution < -0.4 is 0 Å². The van der Waals surface area contributed by atoms with Crippen LogP contribution in [-0.4, -0.2) is 30.3 Å². The summed E-state index contributed by atoms with van der Waals surface area (Å²) < 4.78 is 10.8. The minimum atomic E-state index is -0.303. The molecule has 3 rings (SSSR count). The molecule has 0 spiro atoms. The van der Waals surface area contributed by atoms with E-state index in [4.69, 9.17) is 9.47 Å². The van der Waals surface area contributed by atoms with Gasteiger partial charge in [0.25, 0.3) is 0 Å². The zero-order chi connectivity index (χ0) is 14.7. The molecule has 0 saturated carbocycles. The highest BCUT2D eigenvalue weighted by molar-refractivity contribution is 7.17. The first-order valence-electron chi connectivity index (χ1n) is 7.05. The van der Waals surface area contributed by atoms with Crippen molar-refractivity contribution in [3.63, 3.8) is 0 Å². The number of ether oxygens (including phenoxy) is 2. The Balaban J connectivity index is 1.70. The molecule has 1 unspecified atom stereocenters. The summed E-state index contributed by atoms with van der Waals surface area (Å²) in [5.41, 5.74) is 1.74. The Kier molecular flexibility index (Phi) is 4.31. The van der Waals surface area contributed by atoms with Crippen LogP contribution in [0.15, 0.2) is 30.3 Å². The molecule has 1 atom stereocenters.